The first-order valence-electron chi connectivity index (χ1n) is 10.2. The first-order valence-corrected chi connectivity index (χ1v) is 11.8. The van der Waals surface area contributed by atoms with Gasteiger partial charge in [0.1, 0.15) is 5.00 Å². The topological polar surface area (TPSA) is 85.1 Å². The zero-order chi connectivity index (χ0) is 23.0. The minimum Gasteiger partial charge on any atom is -0.365 e. The van der Waals surface area contributed by atoms with Gasteiger partial charge in [-0.05, 0) is 50.1 Å². The van der Waals surface area contributed by atoms with Crippen molar-refractivity contribution in [3.05, 3.63) is 80.1 Å². The molecule has 0 saturated carbocycles. The summed E-state index contributed by atoms with van der Waals surface area (Å²) >= 11 is 4.86. The Bertz CT molecular complexity index is 1360. The molecule has 0 radical (unpaired) electrons. The number of aromatic nitrogens is 1. The number of primary amides is 1. The van der Waals surface area contributed by atoms with Crippen LogP contribution < -0.4 is 11.1 Å². The number of aryl methyl sites for hydroxylation is 2. The molecule has 0 spiro atoms. The summed E-state index contributed by atoms with van der Waals surface area (Å²) in [5.74, 6) is -0.848. The van der Waals surface area contributed by atoms with Crippen LogP contribution in [-0.2, 0) is 6.42 Å². The van der Waals surface area contributed by atoms with Crippen LogP contribution >= 0.6 is 27.3 Å². The van der Waals surface area contributed by atoms with Gasteiger partial charge in [0, 0.05) is 20.3 Å². The van der Waals surface area contributed by atoms with Gasteiger partial charge in [-0.25, -0.2) is 4.98 Å². The zero-order valence-corrected chi connectivity index (χ0v) is 20.4. The molecule has 32 heavy (non-hydrogen) atoms. The van der Waals surface area contributed by atoms with E-state index in [1.54, 1.807) is 6.07 Å². The first kappa shape index (κ1) is 22.2. The van der Waals surface area contributed by atoms with Crippen LogP contribution in [0.2, 0.25) is 0 Å². The molecule has 0 aliphatic rings. The molecule has 7 heteroatoms. The van der Waals surface area contributed by atoms with Gasteiger partial charge in [0.25, 0.3) is 11.8 Å². The highest BCUT2D eigenvalue weighted by molar-refractivity contribution is 9.10. The van der Waals surface area contributed by atoms with Crippen LogP contribution in [0, 0.1) is 13.8 Å². The molecule has 162 valence electrons. The Balaban J connectivity index is 1.84. The van der Waals surface area contributed by atoms with Crippen molar-refractivity contribution in [1.29, 1.82) is 0 Å². The number of nitrogens with zero attached hydrogens (tertiary/aromatic N) is 1. The number of hydrogen-bond acceptors (Lipinski definition) is 4. The van der Waals surface area contributed by atoms with Crippen molar-refractivity contribution < 1.29 is 9.59 Å². The lowest BCUT2D eigenvalue weighted by molar-refractivity contribution is 0.100. The van der Waals surface area contributed by atoms with Gasteiger partial charge in [0.2, 0.25) is 0 Å². The molecule has 2 amide bonds. The maximum atomic E-state index is 13.5. The Morgan fingerprint density at radius 3 is 2.47 bits per heavy atom. The van der Waals surface area contributed by atoms with Crippen molar-refractivity contribution in [2.75, 3.05) is 5.32 Å². The molecule has 0 fully saturated rings. The maximum Gasteiger partial charge on any atom is 0.257 e. The monoisotopic (exact) mass is 507 g/mol. The molecule has 4 rings (SSSR count). The normalized spacial score (nSPS) is 11.0. The van der Waals surface area contributed by atoms with E-state index >= 15 is 0 Å². The first-order chi connectivity index (χ1) is 15.3. The van der Waals surface area contributed by atoms with Crippen molar-refractivity contribution in [2.24, 2.45) is 5.73 Å². The smallest absolute Gasteiger partial charge is 0.257 e. The molecule has 2 aromatic carbocycles. The van der Waals surface area contributed by atoms with E-state index in [4.69, 9.17) is 10.7 Å². The third-order valence-electron chi connectivity index (χ3n) is 5.40. The third kappa shape index (κ3) is 4.18. The lowest BCUT2D eigenvalue weighted by atomic mass is 10.0. The average molecular weight is 508 g/mol. The number of carbonyl (C=O) groups excluding carboxylic acids is 2. The highest BCUT2D eigenvalue weighted by Crippen LogP contribution is 2.34. The van der Waals surface area contributed by atoms with Crippen molar-refractivity contribution in [3.63, 3.8) is 0 Å². The predicted octanol–water partition coefficient (Wildman–Crippen LogP) is 6.26. The van der Waals surface area contributed by atoms with Gasteiger partial charge in [0.15, 0.2) is 0 Å². The van der Waals surface area contributed by atoms with Crippen molar-refractivity contribution in [2.45, 2.75) is 27.2 Å². The molecule has 0 aliphatic carbocycles. The maximum absolute atomic E-state index is 13.5. The summed E-state index contributed by atoms with van der Waals surface area (Å²) < 4.78 is 0.849. The summed E-state index contributed by atoms with van der Waals surface area (Å²) in [5.41, 5.74) is 10.9. The molecule has 3 N–H and O–H groups in total. The third-order valence-corrected chi connectivity index (χ3v) is 6.95. The van der Waals surface area contributed by atoms with Crippen molar-refractivity contribution in [3.8, 4) is 11.3 Å². The van der Waals surface area contributed by atoms with Crippen LogP contribution in [0.3, 0.4) is 0 Å². The van der Waals surface area contributed by atoms with E-state index in [2.05, 4.69) is 21.2 Å². The molecule has 0 aliphatic heterocycles. The number of hydrogen-bond donors (Lipinski definition) is 2. The van der Waals surface area contributed by atoms with Crippen molar-refractivity contribution >= 4 is 55.0 Å². The number of carbonyl (C=O) groups is 2. The Hall–Kier alpha value is -3.03. The van der Waals surface area contributed by atoms with Gasteiger partial charge in [-0.1, -0.05) is 52.7 Å². The second-order valence-corrected chi connectivity index (χ2v) is 9.74. The van der Waals surface area contributed by atoms with Crippen LogP contribution in [0.1, 0.15) is 43.6 Å². The summed E-state index contributed by atoms with van der Waals surface area (Å²) in [4.78, 5) is 31.3. The van der Waals surface area contributed by atoms with Crippen LogP contribution in [0.15, 0.2) is 53.0 Å². The van der Waals surface area contributed by atoms with Gasteiger partial charge in [0.05, 0.1) is 22.3 Å². The van der Waals surface area contributed by atoms with E-state index in [1.165, 1.54) is 11.3 Å². The van der Waals surface area contributed by atoms with Crippen LogP contribution in [0.4, 0.5) is 5.00 Å². The number of rotatable bonds is 5. The highest BCUT2D eigenvalue weighted by Gasteiger charge is 2.22. The molecule has 2 aromatic heterocycles. The van der Waals surface area contributed by atoms with Crippen molar-refractivity contribution in [1.82, 2.24) is 4.98 Å². The Morgan fingerprint density at radius 2 is 1.81 bits per heavy atom. The fourth-order valence-electron chi connectivity index (χ4n) is 3.78. The SMILES string of the molecule is CCc1c(C)sc(NC(=O)c2cc(-c3ccc(C)cc3)nc3ccc(Br)cc23)c1C(N)=O. The van der Waals surface area contributed by atoms with E-state index in [0.29, 0.717) is 33.8 Å². The summed E-state index contributed by atoms with van der Waals surface area (Å²) in [7, 11) is 0. The number of nitrogens with one attached hydrogen (secondary N) is 1. The Morgan fingerprint density at radius 1 is 1.09 bits per heavy atom. The van der Waals surface area contributed by atoms with Crippen LogP contribution in [0.5, 0.6) is 0 Å². The Kier molecular flexibility index (Phi) is 6.13. The molecule has 0 atom stereocenters. The quantitative estimate of drug-likeness (QED) is 0.334. The van der Waals surface area contributed by atoms with E-state index in [9.17, 15) is 9.59 Å². The number of pyridine rings is 1. The van der Waals surface area contributed by atoms with Gasteiger partial charge >= 0.3 is 0 Å². The number of halogens is 1. The zero-order valence-electron chi connectivity index (χ0n) is 18.0. The van der Waals surface area contributed by atoms with Gasteiger partial charge in [-0.3, -0.25) is 9.59 Å². The van der Waals surface area contributed by atoms with Crippen LogP contribution in [-0.4, -0.2) is 16.8 Å². The van der Waals surface area contributed by atoms with Gasteiger partial charge in [-0.15, -0.1) is 11.3 Å². The number of nitrogens with two attached hydrogens (primary N) is 1. The molecule has 0 bridgehead atoms. The molecule has 4 aromatic rings. The Labute approximate surface area is 198 Å². The fraction of sp³-hybridized carbons (Fsp3) is 0.160. The fourth-order valence-corrected chi connectivity index (χ4v) is 5.29. The molecule has 2 heterocycles. The summed E-state index contributed by atoms with van der Waals surface area (Å²) in [6.07, 6.45) is 0.666. The average Bonchev–Trinajstić information content (AvgIpc) is 3.08. The minimum atomic E-state index is -0.538. The number of amides is 2. The second kappa shape index (κ2) is 8.84. The predicted molar refractivity (Wildman–Crippen MR) is 135 cm³/mol. The lowest BCUT2D eigenvalue weighted by Gasteiger charge is -2.11. The van der Waals surface area contributed by atoms with Gasteiger partial charge < -0.3 is 11.1 Å². The van der Waals surface area contributed by atoms with E-state index < -0.39 is 5.91 Å². The summed E-state index contributed by atoms with van der Waals surface area (Å²) in [5, 5.41) is 4.14. The summed E-state index contributed by atoms with van der Waals surface area (Å²) in [6.45, 7) is 5.92. The highest BCUT2D eigenvalue weighted by atomic mass is 79.9. The number of anilines is 1. The second-order valence-electron chi connectivity index (χ2n) is 7.60. The minimum absolute atomic E-state index is 0.310. The summed E-state index contributed by atoms with van der Waals surface area (Å²) in [6, 6.07) is 15.5. The molecule has 0 saturated heterocycles. The largest absolute Gasteiger partial charge is 0.365 e. The lowest BCUT2D eigenvalue weighted by Crippen LogP contribution is -2.18. The van der Waals surface area contributed by atoms with Gasteiger partial charge in [-0.2, -0.15) is 0 Å². The van der Waals surface area contributed by atoms with E-state index in [1.807, 2.05) is 63.2 Å². The number of fused-ring (bicyclic) bond motifs is 1. The number of benzene rings is 2. The van der Waals surface area contributed by atoms with E-state index in [0.717, 1.165) is 31.4 Å². The molecular formula is C25H22BrN3O2S. The molecular weight excluding hydrogens is 486 g/mol. The van der Waals surface area contributed by atoms with Crippen LogP contribution in [0.25, 0.3) is 22.2 Å². The van der Waals surface area contributed by atoms with E-state index in [-0.39, 0.29) is 5.91 Å². The number of thiophene rings is 1. The molecule has 5 nitrogen and oxygen atoms in total. The standard InChI is InChI=1S/C25H22BrN3O2S/c1-4-17-14(3)32-25(22(17)23(27)30)29-24(31)19-12-21(15-7-5-13(2)6-8-15)28-20-10-9-16(26)11-18(19)20/h5-12H,4H2,1-3H3,(H2,27,30)(H,29,31). The molecule has 0 unspecified atom stereocenters.